The van der Waals surface area contributed by atoms with Gasteiger partial charge in [-0.15, -0.1) is 0 Å². The number of hydrogen-bond acceptors (Lipinski definition) is 3. The van der Waals surface area contributed by atoms with Crippen molar-refractivity contribution in [3.63, 3.8) is 0 Å². The minimum absolute atomic E-state index is 0.314. The Bertz CT molecular complexity index is 635. The third kappa shape index (κ3) is 2.06. The second-order valence-electron chi connectivity index (χ2n) is 5.56. The maximum absolute atomic E-state index is 12.7. The van der Waals surface area contributed by atoms with Gasteiger partial charge >= 0.3 is 0 Å². The summed E-state index contributed by atoms with van der Waals surface area (Å²) in [5, 5.41) is 9.36. The second kappa shape index (κ2) is 4.64. The lowest BCUT2D eigenvalue weighted by Gasteiger charge is -2.41. The van der Waals surface area contributed by atoms with Gasteiger partial charge in [-0.2, -0.15) is 5.26 Å². The van der Waals surface area contributed by atoms with Crippen molar-refractivity contribution >= 4 is 9.84 Å². The number of hydrogen-bond donors (Lipinski definition) is 0. The normalized spacial score (nSPS) is 26.5. The molecule has 0 radical (unpaired) electrons. The highest BCUT2D eigenvalue weighted by Gasteiger charge is 2.54. The van der Waals surface area contributed by atoms with Crippen LogP contribution < -0.4 is 0 Å². The Morgan fingerprint density at radius 2 is 2.00 bits per heavy atom. The van der Waals surface area contributed by atoms with Crippen LogP contribution in [0.3, 0.4) is 0 Å². The molecule has 0 spiro atoms. The lowest BCUT2D eigenvalue weighted by molar-refractivity contribution is 0.256. The second-order valence-corrected chi connectivity index (χ2v) is 7.79. The quantitative estimate of drug-likeness (QED) is 0.852. The molecule has 1 saturated carbocycles. The van der Waals surface area contributed by atoms with Crippen LogP contribution in [0.5, 0.6) is 0 Å². The first-order valence-electron chi connectivity index (χ1n) is 6.59. The summed E-state index contributed by atoms with van der Waals surface area (Å²) in [6, 6.07) is 7.36. The largest absolute Gasteiger partial charge is 0.222 e. The van der Waals surface area contributed by atoms with Crippen LogP contribution in [0.25, 0.3) is 0 Å². The molecule has 0 atom stereocenters. The van der Waals surface area contributed by atoms with E-state index in [1.54, 1.807) is 19.1 Å². The summed E-state index contributed by atoms with van der Waals surface area (Å²) in [4.78, 5) is 0.314. The van der Waals surface area contributed by atoms with Gasteiger partial charge in [-0.25, -0.2) is 8.42 Å². The molecular formula is C15H19NO2S. The molecule has 0 saturated heterocycles. The summed E-state index contributed by atoms with van der Waals surface area (Å²) in [6.45, 7) is 5.76. The summed E-state index contributed by atoms with van der Waals surface area (Å²) in [5.74, 6) is 0.361. The summed E-state index contributed by atoms with van der Waals surface area (Å²) in [6.07, 6.45) is 1.87. The van der Waals surface area contributed by atoms with E-state index in [0.717, 1.165) is 17.5 Å². The van der Waals surface area contributed by atoms with E-state index >= 15 is 0 Å². The predicted octanol–water partition coefficient (Wildman–Crippen LogP) is 3.16. The average Bonchev–Trinajstić information content (AvgIpc) is 2.27. The van der Waals surface area contributed by atoms with Crippen molar-refractivity contribution in [3.05, 3.63) is 29.3 Å². The predicted molar refractivity (Wildman–Crippen MR) is 74.5 cm³/mol. The zero-order chi connectivity index (χ0) is 14.3. The van der Waals surface area contributed by atoms with E-state index < -0.39 is 14.6 Å². The van der Waals surface area contributed by atoms with Crippen molar-refractivity contribution < 1.29 is 8.42 Å². The number of nitrogens with zero attached hydrogens (tertiary/aromatic N) is 1. The highest BCUT2D eigenvalue weighted by atomic mass is 32.2. The Kier molecular flexibility index (Phi) is 3.44. The molecule has 1 aliphatic rings. The molecule has 0 amide bonds. The van der Waals surface area contributed by atoms with E-state index in [9.17, 15) is 13.7 Å². The molecule has 4 heteroatoms. The van der Waals surface area contributed by atoms with Gasteiger partial charge in [0.15, 0.2) is 14.6 Å². The molecule has 0 bridgehead atoms. The first-order chi connectivity index (χ1) is 8.86. The first-order valence-corrected chi connectivity index (χ1v) is 8.08. The van der Waals surface area contributed by atoms with E-state index in [1.807, 2.05) is 19.9 Å². The van der Waals surface area contributed by atoms with E-state index in [1.165, 1.54) is 0 Å². The van der Waals surface area contributed by atoms with Crippen LogP contribution in [0.2, 0.25) is 0 Å². The number of aryl methyl sites for hydroxylation is 2. The monoisotopic (exact) mass is 277 g/mol. The topological polar surface area (TPSA) is 57.9 Å². The Labute approximate surface area is 115 Å². The maximum Gasteiger partial charge on any atom is 0.197 e. The summed E-state index contributed by atoms with van der Waals surface area (Å²) in [7, 11) is -3.57. The molecule has 0 heterocycles. The van der Waals surface area contributed by atoms with Crippen LogP contribution in [-0.4, -0.2) is 13.2 Å². The van der Waals surface area contributed by atoms with Gasteiger partial charge in [0.25, 0.3) is 0 Å². The first kappa shape index (κ1) is 14.1. The van der Waals surface area contributed by atoms with Gasteiger partial charge < -0.3 is 0 Å². The third-order valence-corrected chi connectivity index (χ3v) is 6.64. The minimum Gasteiger partial charge on any atom is -0.222 e. The number of sulfone groups is 1. The molecule has 1 aromatic rings. The van der Waals surface area contributed by atoms with Gasteiger partial charge in [-0.3, -0.25) is 0 Å². The van der Waals surface area contributed by atoms with Gasteiger partial charge in [0.05, 0.1) is 11.0 Å². The Hall–Kier alpha value is -1.34. The Morgan fingerprint density at radius 1 is 1.37 bits per heavy atom. The summed E-state index contributed by atoms with van der Waals surface area (Å²) in [5.41, 5.74) is 1.76. The lowest BCUT2D eigenvalue weighted by Crippen LogP contribution is -2.49. The van der Waals surface area contributed by atoms with Gasteiger partial charge in [0, 0.05) is 0 Å². The van der Waals surface area contributed by atoms with Crippen LogP contribution in [-0.2, 0) is 9.84 Å². The maximum atomic E-state index is 12.7. The molecule has 2 rings (SSSR count). The molecule has 0 aromatic heterocycles. The van der Waals surface area contributed by atoms with Crippen molar-refractivity contribution in [1.82, 2.24) is 0 Å². The molecule has 1 aromatic carbocycles. The molecular weight excluding hydrogens is 258 g/mol. The van der Waals surface area contributed by atoms with Crippen LogP contribution in [0, 0.1) is 31.1 Å². The molecule has 0 N–H and O–H groups in total. The highest BCUT2D eigenvalue weighted by molar-refractivity contribution is 7.93. The Balaban J connectivity index is 2.46. The van der Waals surface area contributed by atoms with Crippen molar-refractivity contribution in [2.75, 3.05) is 0 Å². The fourth-order valence-electron chi connectivity index (χ4n) is 2.84. The van der Waals surface area contributed by atoms with Crippen molar-refractivity contribution in [2.24, 2.45) is 5.92 Å². The van der Waals surface area contributed by atoms with E-state index in [-0.39, 0.29) is 0 Å². The average molecular weight is 277 g/mol. The highest BCUT2D eigenvalue weighted by Crippen LogP contribution is 2.48. The van der Waals surface area contributed by atoms with Crippen LogP contribution in [0.1, 0.15) is 37.3 Å². The van der Waals surface area contributed by atoms with E-state index in [4.69, 9.17) is 0 Å². The van der Waals surface area contributed by atoms with E-state index in [0.29, 0.717) is 23.7 Å². The summed E-state index contributed by atoms with van der Waals surface area (Å²) >= 11 is 0. The zero-order valence-electron chi connectivity index (χ0n) is 11.6. The van der Waals surface area contributed by atoms with Crippen molar-refractivity contribution in [2.45, 2.75) is 49.7 Å². The van der Waals surface area contributed by atoms with E-state index in [2.05, 4.69) is 6.07 Å². The zero-order valence-corrected chi connectivity index (χ0v) is 12.4. The van der Waals surface area contributed by atoms with Crippen molar-refractivity contribution in [3.8, 4) is 6.07 Å². The van der Waals surface area contributed by atoms with Crippen LogP contribution in [0.4, 0.5) is 0 Å². The molecule has 1 aliphatic carbocycles. The smallest absolute Gasteiger partial charge is 0.197 e. The summed E-state index contributed by atoms with van der Waals surface area (Å²) < 4.78 is 24.3. The number of nitriles is 1. The lowest BCUT2D eigenvalue weighted by atomic mass is 9.73. The number of benzene rings is 1. The Morgan fingerprint density at radius 3 is 2.47 bits per heavy atom. The molecule has 1 fully saturated rings. The van der Waals surface area contributed by atoms with Gasteiger partial charge in [-0.1, -0.05) is 31.0 Å². The van der Waals surface area contributed by atoms with Crippen molar-refractivity contribution in [1.29, 1.82) is 5.26 Å². The van der Waals surface area contributed by atoms with Gasteiger partial charge in [0.1, 0.15) is 0 Å². The van der Waals surface area contributed by atoms with Crippen LogP contribution >= 0.6 is 0 Å². The SMILES string of the molecule is CCC1CC(C#N)(S(=O)(=O)c2ccc(C)cc2C)C1. The molecule has 19 heavy (non-hydrogen) atoms. The minimum atomic E-state index is -3.57. The molecule has 102 valence electrons. The fraction of sp³-hybridized carbons (Fsp3) is 0.533. The third-order valence-electron chi connectivity index (χ3n) is 4.15. The molecule has 3 nitrogen and oxygen atoms in total. The van der Waals surface area contributed by atoms with Crippen LogP contribution in [0.15, 0.2) is 23.1 Å². The van der Waals surface area contributed by atoms with Gasteiger partial charge in [-0.05, 0) is 44.2 Å². The fourth-order valence-corrected chi connectivity index (χ4v) is 5.03. The van der Waals surface area contributed by atoms with Gasteiger partial charge in [0.2, 0.25) is 0 Å². The number of rotatable bonds is 3. The standard InChI is InChI=1S/C15H19NO2S/c1-4-13-8-15(9-13,10-16)19(17,18)14-6-5-11(2)7-12(14)3/h5-7,13H,4,8-9H2,1-3H3. The molecule has 0 unspecified atom stereocenters. The molecule has 0 aliphatic heterocycles.